The zero-order valence-electron chi connectivity index (χ0n) is 20.8. The number of halogens is 1. The highest BCUT2D eigenvalue weighted by Gasteiger charge is 2.69. The summed E-state index contributed by atoms with van der Waals surface area (Å²) in [6.07, 6.45) is -3.47. The second-order valence-electron chi connectivity index (χ2n) is 10.2. The van der Waals surface area contributed by atoms with E-state index in [2.05, 4.69) is 5.32 Å². The molecule has 0 spiro atoms. The van der Waals surface area contributed by atoms with Crippen molar-refractivity contribution in [2.24, 2.45) is 29.4 Å². The Labute approximate surface area is 224 Å². The van der Waals surface area contributed by atoms with Gasteiger partial charge < -0.3 is 25.8 Å². The van der Waals surface area contributed by atoms with Gasteiger partial charge in [-0.3, -0.25) is 29.3 Å². The fraction of sp³-hybridized carbons (Fsp3) is 0.333. The van der Waals surface area contributed by atoms with E-state index in [1.165, 1.54) is 24.3 Å². The molecule has 13 heteroatoms. The van der Waals surface area contributed by atoms with E-state index >= 15 is 0 Å². The highest BCUT2D eigenvalue weighted by molar-refractivity contribution is 6.31. The Hall–Kier alpha value is -4.49. The molecule has 7 atom stereocenters. The Balaban J connectivity index is 1.51. The van der Waals surface area contributed by atoms with E-state index in [0.29, 0.717) is 0 Å². The third kappa shape index (κ3) is 3.80. The van der Waals surface area contributed by atoms with Crippen LogP contribution >= 0.6 is 0 Å². The van der Waals surface area contributed by atoms with Crippen molar-refractivity contribution in [1.29, 1.82) is 0 Å². The van der Waals surface area contributed by atoms with E-state index in [-0.39, 0.29) is 22.6 Å². The van der Waals surface area contributed by atoms with Gasteiger partial charge in [-0.05, 0) is 41.8 Å². The first kappa shape index (κ1) is 27.1. The van der Waals surface area contributed by atoms with Gasteiger partial charge in [0.1, 0.15) is 17.3 Å². The number of nitrogens with two attached hydrogens (primary N) is 1. The molecule has 40 heavy (non-hydrogen) atoms. The molecule has 208 valence electrons. The van der Waals surface area contributed by atoms with Crippen molar-refractivity contribution < 1.29 is 53.2 Å². The number of aliphatic hydroxyl groups is 2. The lowest BCUT2D eigenvalue weighted by Gasteiger charge is -2.52. The summed E-state index contributed by atoms with van der Waals surface area (Å²) in [5.41, 5.74) is 1.67. The minimum absolute atomic E-state index is 0.0154. The number of primary amides is 1. The van der Waals surface area contributed by atoms with Gasteiger partial charge in [0.25, 0.3) is 0 Å². The first-order valence-electron chi connectivity index (χ1n) is 12.2. The van der Waals surface area contributed by atoms with Gasteiger partial charge in [0.2, 0.25) is 5.91 Å². The molecule has 6 N–H and O–H groups in total. The number of hydrogen-bond acceptors (Lipinski definition) is 10. The van der Waals surface area contributed by atoms with Crippen molar-refractivity contribution in [3.8, 4) is 11.5 Å². The number of nitrogens with one attached hydrogen (secondary N) is 1. The molecule has 2 aromatic rings. The van der Waals surface area contributed by atoms with E-state index < -0.39 is 94.4 Å². The Morgan fingerprint density at radius 3 is 2.35 bits per heavy atom. The zero-order chi connectivity index (χ0) is 29.3. The third-order valence-corrected chi connectivity index (χ3v) is 8.12. The van der Waals surface area contributed by atoms with Gasteiger partial charge in [-0.15, -0.1) is 0 Å². The average Bonchev–Trinajstić information content (AvgIpc) is 2.89. The van der Waals surface area contributed by atoms with E-state index in [9.17, 15) is 48.5 Å². The molecule has 0 aromatic heterocycles. The molecule has 0 heterocycles. The van der Waals surface area contributed by atoms with Crippen LogP contribution in [0.15, 0.2) is 36.4 Å². The minimum Gasteiger partial charge on any atom is -0.505 e. The minimum atomic E-state index is -3.04. The summed E-state index contributed by atoms with van der Waals surface area (Å²) in [5, 5.41) is 35.7. The summed E-state index contributed by atoms with van der Waals surface area (Å²) in [4.78, 5) is 77.0. The maximum Gasteiger partial charge on any atom is 0.417 e. The lowest BCUT2D eigenvalue weighted by Crippen LogP contribution is -2.72. The molecule has 2 aromatic carbocycles. The summed E-state index contributed by atoms with van der Waals surface area (Å²) in [7, 11) is 0. The van der Waals surface area contributed by atoms with Gasteiger partial charge in [-0.25, -0.2) is 9.18 Å². The van der Waals surface area contributed by atoms with Crippen molar-refractivity contribution in [2.75, 3.05) is 5.32 Å². The molecule has 2 saturated carbocycles. The summed E-state index contributed by atoms with van der Waals surface area (Å²) in [5.74, 6) is -15.0. The van der Waals surface area contributed by atoms with Crippen LogP contribution in [0.5, 0.6) is 11.5 Å². The second kappa shape index (κ2) is 9.31. The number of carbonyl (C=O) groups excluding carboxylic acids is 6. The number of Topliss-reactive ketones (excluding diaryl/α,β-unsaturated/α-hetero) is 4. The maximum absolute atomic E-state index is 13.7. The number of ketones is 4. The zero-order valence-corrected chi connectivity index (χ0v) is 20.8. The number of anilines is 1. The smallest absolute Gasteiger partial charge is 0.417 e. The fourth-order valence-electron chi connectivity index (χ4n) is 6.20. The van der Waals surface area contributed by atoms with Gasteiger partial charge in [-0.2, -0.15) is 0 Å². The van der Waals surface area contributed by atoms with Crippen LogP contribution in [0.4, 0.5) is 14.9 Å². The molecule has 0 saturated heterocycles. The van der Waals surface area contributed by atoms with Gasteiger partial charge in [0.05, 0.1) is 23.3 Å². The predicted octanol–water partition coefficient (Wildman–Crippen LogP) is 0.609. The largest absolute Gasteiger partial charge is 0.505 e. The first-order chi connectivity index (χ1) is 18.8. The summed E-state index contributed by atoms with van der Waals surface area (Å²) in [6, 6.07) is 7.15. The first-order valence-corrected chi connectivity index (χ1v) is 12.2. The average molecular weight is 554 g/mol. The van der Waals surface area contributed by atoms with Crippen LogP contribution in [-0.4, -0.2) is 62.2 Å². The van der Waals surface area contributed by atoms with Crippen LogP contribution < -0.4 is 15.8 Å². The number of amides is 2. The van der Waals surface area contributed by atoms with Gasteiger partial charge in [0, 0.05) is 18.3 Å². The quantitative estimate of drug-likeness (QED) is 0.263. The molecule has 2 amide bonds. The predicted molar refractivity (Wildman–Crippen MR) is 131 cm³/mol. The molecule has 0 bridgehead atoms. The van der Waals surface area contributed by atoms with Crippen LogP contribution in [0, 0.1) is 29.5 Å². The van der Waals surface area contributed by atoms with Crippen molar-refractivity contribution in [3.63, 3.8) is 0 Å². The molecular formula is C27H23FN2O10. The number of aromatic hydroxyl groups is 1. The number of aliphatic hydroxyl groups excluding tert-OH is 1. The van der Waals surface area contributed by atoms with Gasteiger partial charge in [0.15, 0.2) is 34.7 Å². The second-order valence-corrected chi connectivity index (χ2v) is 10.2. The number of fused-ring (bicyclic) bond motifs is 3. The van der Waals surface area contributed by atoms with E-state index in [0.717, 1.165) is 12.1 Å². The topological polar surface area (TPSA) is 210 Å². The molecule has 2 unspecified atom stereocenters. The van der Waals surface area contributed by atoms with Crippen molar-refractivity contribution >= 4 is 40.8 Å². The lowest BCUT2D eigenvalue weighted by atomic mass is 9.50. The number of phenols is 1. The number of benzene rings is 2. The molecule has 3 aliphatic carbocycles. The molecule has 0 aliphatic heterocycles. The van der Waals surface area contributed by atoms with Crippen LogP contribution in [0.25, 0.3) is 0 Å². The van der Waals surface area contributed by atoms with Crippen LogP contribution in [0.2, 0.25) is 0 Å². The molecule has 3 aliphatic rings. The molecule has 0 radical (unpaired) electrons. The van der Waals surface area contributed by atoms with Crippen molar-refractivity contribution in [2.45, 2.75) is 31.0 Å². The standard InChI is InChI=1S/C27H23FN2O10/c1-9-12-6-7-14(30-26(38)40-11-4-2-10(28)3-5-11)21(33)17(12)22(34)19-16(9)20(32)13-8-15(31)18(25(29)37)23(35)27(13,39)24(19)36/h2-7,9,13,16,18-20,32-33,39H,8H2,1H3,(H2,29,37)(H,30,38)/t9-,13+,16+,18?,19?,20+,27+/m0/s1. The number of hydrogen-bond donors (Lipinski definition) is 5. The highest BCUT2D eigenvalue weighted by atomic mass is 19.1. The van der Waals surface area contributed by atoms with Crippen molar-refractivity contribution in [1.82, 2.24) is 0 Å². The summed E-state index contributed by atoms with van der Waals surface area (Å²) >= 11 is 0. The highest BCUT2D eigenvalue weighted by Crippen LogP contribution is 2.54. The van der Waals surface area contributed by atoms with Crippen molar-refractivity contribution in [3.05, 3.63) is 53.3 Å². The molecule has 5 rings (SSSR count). The fourth-order valence-corrected chi connectivity index (χ4v) is 6.20. The van der Waals surface area contributed by atoms with Crippen LogP contribution in [-0.2, 0) is 19.2 Å². The normalized spacial score (nSPS) is 31.1. The van der Waals surface area contributed by atoms with Crippen LogP contribution in [0.3, 0.4) is 0 Å². The third-order valence-electron chi connectivity index (χ3n) is 8.12. The number of ether oxygens (including phenoxy) is 1. The van der Waals surface area contributed by atoms with E-state index in [1.54, 1.807) is 6.92 Å². The van der Waals surface area contributed by atoms with E-state index in [1.807, 2.05) is 0 Å². The maximum atomic E-state index is 13.7. The Bertz CT molecular complexity index is 1510. The van der Waals surface area contributed by atoms with Crippen LogP contribution in [0.1, 0.15) is 35.2 Å². The van der Waals surface area contributed by atoms with E-state index in [4.69, 9.17) is 10.5 Å². The SMILES string of the molecule is C[C@H]1c2ccc(NC(=O)Oc3ccc(F)cc3)c(O)c2C(=O)C2C(=O)[C@]3(O)C(=O)C(C(N)=O)C(=O)C[C@@H]3[C@@H](O)[C@@H]21. The Morgan fingerprint density at radius 2 is 1.73 bits per heavy atom. The monoisotopic (exact) mass is 554 g/mol. The Kier molecular flexibility index (Phi) is 6.31. The number of rotatable bonds is 3. The Morgan fingerprint density at radius 1 is 1.07 bits per heavy atom. The molecular weight excluding hydrogens is 531 g/mol. The summed E-state index contributed by atoms with van der Waals surface area (Å²) < 4.78 is 18.1. The number of carbonyl (C=O) groups is 6. The van der Waals surface area contributed by atoms with Gasteiger partial charge in [-0.1, -0.05) is 13.0 Å². The van der Waals surface area contributed by atoms with Gasteiger partial charge >= 0.3 is 6.09 Å². The summed E-state index contributed by atoms with van der Waals surface area (Å²) in [6.45, 7) is 1.55. The number of phenolic OH excluding ortho intramolecular Hbond substituents is 1. The lowest BCUT2D eigenvalue weighted by molar-refractivity contribution is -0.189. The molecule has 2 fully saturated rings. The molecule has 12 nitrogen and oxygen atoms in total.